The van der Waals surface area contributed by atoms with E-state index >= 15 is 0 Å². The first-order valence-electron chi connectivity index (χ1n) is 5.24. The Balaban J connectivity index is 1.86. The van der Waals surface area contributed by atoms with Crippen molar-refractivity contribution in [3.63, 3.8) is 0 Å². The molecule has 0 aromatic heterocycles. The minimum absolute atomic E-state index is 0.0524. The molecule has 0 bridgehead atoms. The molecule has 2 saturated carbocycles. The molecule has 2 fully saturated rings. The molecule has 2 rings (SSSR count). The maximum absolute atomic E-state index is 11.6. The number of carboxylic acid groups (broad SMARTS) is 1. The van der Waals surface area contributed by atoms with Crippen LogP contribution in [0.1, 0.15) is 25.7 Å². The summed E-state index contributed by atoms with van der Waals surface area (Å²) >= 11 is 0. The lowest BCUT2D eigenvalue weighted by atomic mass is 9.77. The van der Waals surface area contributed by atoms with Crippen LogP contribution in [0.15, 0.2) is 0 Å². The van der Waals surface area contributed by atoms with E-state index in [4.69, 9.17) is 10.2 Å². The molecule has 5 heteroatoms. The summed E-state index contributed by atoms with van der Waals surface area (Å²) in [7, 11) is 0. The van der Waals surface area contributed by atoms with Crippen LogP contribution >= 0.6 is 0 Å². The first-order chi connectivity index (χ1) is 7.08. The largest absolute Gasteiger partial charge is 0.481 e. The lowest BCUT2D eigenvalue weighted by Gasteiger charge is -2.41. The minimum Gasteiger partial charge on any atom is -0.481 e. The zero-order valence-corrected chi connectivity index (χ0v) is 8.40. The predicted octanol–water partition coefficient (Wildman–Crippen LogP) is -0.262. The zero-order chi connectivity index (χ0) is 11.1. The number of aliphatic carboxylic acids is 1. The van der Waals surface area contributed by atoms with Crippen LogP contribution in [-0.2, 0) is 9.59 Å². The summed E-state index contributed by atoms with van der Waals surface area (Å²) < 4.78 is 0. The third-order valence-electron chi connectivity index (χ3n) is 3.45. The minimum atomic E-state index is -0.901. The number of hydrogen-bond acceptors (Lipinski definition) is 3. The quantitative estimate of drug-likeness (QED) is 0.600. The van der Waals surface area contributed by atoms with Gasteiger partial charge in [0, 0.05) is 0 Å². The van der Waals surface area contributed by atoms with Gasteiger partial charge in [0.15, 0.2) is 0 Å². The SMILES string of the molecule is O=C(O)[C@H]1C[C@H]1C(=O)NC1(CO)CCC1. The van der Waals surface area contributed by atoms with Crippen LogP contribution in [0, 0.1) is 11.8 Å². The second-order valence-electron chi connectivity index (χ2n) is 4.57. The van der Waals surface area contributed by atoms with E-state index in [1.807, 2.05) is 0 Å². The average Bonchev–Trinajstić information content (AvgIpc) is 2.90. The van der Waals surface area contributed by atoms with Crippen LogP contribution in [0.3, 0.4) is 0 Å². The van der Waals surface area contributed by atoms with Gasteiger partial charge in [-0.25, -0.2) is 0 Å². The van der Waals surface area contributed by atoms with E-state index in [2.05, 4.69) is 5.32 Å². The Morgan fingerprint density at radius 1 is 1.33 bits per heavy atom. The molecule has 2 aliphatic rings. The molecular weight excluding hydrogens is 198 g/mol. The highest BCUT2D eigenvalue weighted by molar-refractivity contribution is 5.89. The van der Waals surface area contributed by atoms with Crippen molar-refractivity contribution in [2.45, 2.75) is 31.2 Å². The van der Waals surface area contributed by atoms with Gasteiger partial charge in [-0.3, -0.25) is 9.59 Å². The molecule has 0 radical (unpaired) electrons. The average molecular weight is 213 g/mol. The Hall–Kier alpha value is -1.10. The molecule has 0 spiro atoms. The van der Waals surface area contributed by atoms with Crippen LogP contribution in [0.4, 0.5) is 0 Å². The van der Waals surface area contributed by atoms with E-state index in [1.165, 1.54) is 0 Å². The van der Waals surface area contributed by atoms with Gasteiger partial charge in [-0.15, -0.1) is 0 Å². The maximum atomic E-state index is 11.6. The van der Waals surface area contributed by atoms with Crippen LogP contribution in [0.5, 0.6) is 0 Å². The molecule has 5 nitrogen and oxygen atoms in total. The highest BCUT2D eigenvalue weighted by atomic mass is 16.4. The van der Waals surface area contributed by atoms with Gasteiger partial charge < -0.3 is 15.5 Å². The summed E-state index contributed by atoms with van der Waals surface area (Å²) in [5, 5.41) is 20.6. The van der Waals surface area contributed by atoms with Crippen molar-refractivity contribution in [1.82, 2.24) is 5.32 Å². The highest BCUT2D eigenvalue weighted by Gasteiger charge is 2.50. The van der Waals surface area contributed by atoms with Crippen LogP contribution in [0.25, 0.3) is 0 Å². The number of nitrogens with one attached hydrogen (secondary N) is 1. The molecule has 0 aromatic rings. The number of aliphatic hydroxyl groups is 1. The third-order valence-corrected chi connectivity index (χ3v) is 3.45. The molecule has 0 saturated heterocycles. The standard InChI is InChI=1S/C10H15NO4/c12-5-10(2-1-3-10)11-8(13)6-4-7(6)9(14)15/h6-7,12H,1-5H2,(H,11,13)(H,14,15)/t6-,7+/m1/s1. The Bertz CT molecular complexity index is 292. The number of carbonyl (C=O) groups excluding carboxylic acids is 1. The van der Waals surface area contributed by atoms with Crippen molar-refractivity contribution in [3.05, 3.63) is 0 Å². The van der Waals surface area contributed by atoms with Gasteiger partial charge in [0.25, 0.3) is 0 Å². The van der Waals surface area contributed by atoms with E-state index in [0.29, 0.717) is 6.42 Å². The molecule has 3 N–H and O–H groups in total. The van der Waals surface area contributed by atoms with Gasteiger partial charge in [0.2, 0.25) is 5.91 Å². The molecule has 84 valence electrons. The smallest absolute Gasteiger partial charge is 0.307 e. The fourth-order valence-corrected chi connectivity index (χ4v) is 2.04. The summed E-state index contributed by atoms with van der Waals surface area (Å²) in [6.45, 7) is -0.0524. The topological polar surface area (TPSA) is 86.6 Å². The first kappa shape index (κ1) is 10.4. The molecule has 0 unspecified atom stereocenters. The van der Waals surface area contributed by atoms with Gasteiger partial charge in [0.1, 0.15) is 0 Å². The van der Waals surface area contributed by atoms with Crippen molar-refractivity contribution >= 4 is 11.9 Å². The van der Waals surface area contributed by atoms with E-state index in [9.17, 15) is 9.59 Å². The molecule has 15 heavy (non-hydrogen) atoms. The molecule has 2 aliphatic carbocycles. The number of carboxylic acids is 1. The second kappa shape index (κ2) is 3.48. The van der Waals surface area contributed by atoms with Crippen LogP contribution < -0.4 is 5.32 Å². The third kappa shape index (κ3) is 1.84. The lowest BCUT2D eigenvalue weighted by molar-refractivity contribution is -0.140. The van der Waals surface area contributed by atoms with Gasteiger partial charge in [0.05, 0.1) is 24.0 Å². The van der Waals surface area contributed by atoms with Gasteiger partial charge in [-0.05, 0) is 25.7 Å². The number of hydrogen-bond donors (Lipinski definition) is 3. The second-order valence-corrected chi connectivity index (χ2v) is 4.57. The Morgan fingerprint density at radius 3 is 2.33 bits per heavy atom. The molecular formula is C10H15NO4. The van der Waals surface area contributed by atoms with Crippen molar-refractivity contribution in [3.8, 4) is 0 Å². The van der Waals surface area contributed by atoms with E-state index in [-0.39, 0.29) is 18.4 Å². The lowest BCUT2D eigenvalue weighted by Crippen LogP contribution is -2.56. The molecule has 0 heterocycles. The summed E-state index contributed by atoms with van der Waals surface area (Å²) in [6.07, 6.45) is 3.02. The zero-order valence-electron chi connectivity index (χ0n) is 8.40. The van der Waals surface area contributed by atoms with Gasteiger partial charge >= 0.3 is 5.97 Å². The van der Waals surface area contributed by atoms with Crippen molar-refractivity contribution in [1.29, 1.82) is 0 Å². The number of carbonyl (C=O) groups is 2. The maximum Gasteiger partial charge on any atom is 0.307 e. The normalized spacial score (nSPS) is 31.5. The molecule has 1 amide bonds. The number of aliphatic hydroxyl groups excluding tert-OH is 1. The Morgan fingerprint density at radius 2 is 2.00 bits per heavy atom. The van der Waals surface area contributed by atoms with Gasteiger partial charge in [-0.1, -0.05) is 0 Å². The van der Waals surface area contributed by atoms with Crippen LogP contribution in [0.2, 0.25) is 0 Å². The fraction of sp³-hybridized carbons (Fsp3) is 0.800. The summed E-state index contributed by atoms with van der Waals surface area (Å²) in [6, 6.07) is 0. The predicted molar refractivity (Wildman–Crippen MR) is 51.0 cm³/mol. The van der Waals surface area contributed by atoms with E-state index in [0.717, 1.165) is 19.3 Å². The van der Waals surface area contributed by atoms with Crippen LogP contribution in [-0.4, -0.2) is 34.2 Å². The Kier molecular flexibility index (Phi) is 2.42. The van der Waals surface area contributed by atoms with E-state index < -0.39 is 17.4 Å². The fourth-order valence-electron chi connectivity index (χ4n) is 2.04. The molecule has 2 atom stereocenters. The summed E-state index contributed by atoms with van der Waals surface area (Å²) in [5.74, 6) is -2.01. The summed E-state index contributed by atoms with van der Waals surface area (Å²) in [4.78, 5) is 22.2. The Labute approximate surface area is 87.5 Å². The monoisotopic (exact) mass is 213 g/mol. The van der Waals surface area contributed by atoms with Crippen molar-refractivity contribution < 1.29 is 19.8 Å². The first-order valence-corrected chi connectivity index (χ1v) is 5.24. The number of amides is 1. The summed E-state index contributed by atoms with van der Waals surface area (Å²) in [5.41, 5.74) is -0.456. The van der Waals surface area contributed by atoms with Crippen molar-refractivity contribution in [2.24, 2.45) is 11.8 Å². The van der Waals surface area contributed by atoms with Crippen molar-refractivity contribution in [2.75, 3.05) is 6.61 Å². The highest BCUT2D eigenvalue weighted by Crippen LogP contribution is 2.40. The number of rotatable bonds is 4. The van der Waals surface area contributed by atoms with Gasteiger partial charge in [-0.2, -0.15) is 0 Å². The van der Waals surface area contributed by atoms with E-state index in [1.54, 1.807) is 0 Å². The molecule has 0 aromatic carbocycles. The molecule has 0 aliphatic heterocycles.